The zero-order valence-electron chi connectivity index (χ0n) is 10.2. The molecule has 0 aromatic carbocycles. The van der Waals surface area contributed by atoms with Gasteiger partial charge in [0.05, 0.1) is 12.1 Å². The van der Waals surface area contributed by atoms with E-state index in [1.807, 2.05) is 0 Å². The van der Waals surface area contributed by atoms with Crippen molar-refractivity contribution >= 4 is 17.7 Å². The van der Waals surface area contributed by atoms with E-state index < -0.39 is 11.9 Å². The lowest BCUT2D eigenvalue weighted by Crippen LogP contribution is -2.42. The van der Waals surface area contributed by atoms with Crippen LogP contribution in [0, 0.1) is 5.92 Å². The Morgan fingerprint density at radius 3 is 2.83 bits per heavy atom. The fourth-order valence-corrected chi connectivity index (χ4v) is 2.15. The maximum Gasteiger partial charge on any atom is 0.308 e. The highest BCUT2D eigenvalue weighted by Gasteiger charge is 2.30. The number of anilines is 1. The van der Waals surface area contributed by atoms with Crippen molar-refractivity contribution in [2.75, 3.05) is 18.8 Å². The molecule has 1 aromatic rings. The summed E-state index contributed by atoms with van der Waals surface area (Å²) in [4.78, 5) is 24.7. The second-order valence-corrected chi connectivity index (χ2v) is 4.50. The number of aryl methyl sites for hydroxylation is 1. The number of carboxylic acids is 1. The number of hydrogen-bond donors (Lipinski definition) is 2. The third-order valence-electron chi connectivity index (χ3n) is 3.27. The molecule has 18 heavy (non-hydrogen) atoms. The molecule has 0 bridgehead atoms. The van der Waals surface area contributed by atoms with Crippen molar-refractivity contribution < 1.29 is 14.7 Å². The molecule has 2 heterocycles. The second kappa shape index (κ2) is 4.67. The summed E-state index contributed by atoms with van der Waals surface area (Å²) in [5.74, 6) is -1.28. The van der Waals surface area contributed by atoms with Crippen LogP contribution in [0.4, 0.5) is 5.82 Å². The molecule has 0 spiro atoms. The van der Waals surface area contributed by atoms with Crippen LogP contribution in [0.25, 0.3) is 0 Å². The Bertz CT molecular complexity index is 483. The van der Waals surface area contributed by atoms with Crippen LogP contribution in [0.2, 0.25) is 0 Å². The smallest absolute Gasteiger partial charge is 0.308 e. The number of aliphatic carboxylic acids is 1. The highest BCUT2D eigenvalue weighted by Crippen LogP contribution is 2.20. The van der Waals surface area contributed by atoms with Gasteiger partial charge in [-0.3, -0.25) is 14.3 Å². The Morgan fingerprint density at radius 1 is 1.56 bits per heavy atom. The van der Waals surface area contributed by atoms with Gasteiger partial charge in [-0.05, 0) is 12.8 Å². The Hall–Kier alpha value is -2.05. The molecule has 1 fully saturated rings. The number of carbonyl (C=O) groups is 2. The number of likely N-dealkylation sites (tertiary alicyclic amines) is 1. The minimum atomic E-state index is -0.855. The van der Waals surface area contributed by atoms with E-state index in [9.17, 15) is 9.59 Å². The summed E-state index contributed by atoms with van der Waals surface area (Å²) in [5, 5.41) is 12.9. The van der Waals surface area contributed by atoms with Crippen LogP contribution in [0.1, 0.15) is 23.2 Å². The van der Waals surface area contributed by atoms with Crippen LogP contribution in [0.15, 0.2) is 6.20 Å². The number of nitrogen functional groups attached to an aromatic ring is 1. The first-order valence-corrected chi connectivity index (χ1v) is 5.80. The first kappa shape index (κ1) is 12.4. The average molecular weight is 252 g/mol. The molecule has 1 aliphatic heterocycles. The number of nitrogens with two attached hydrogens (primary N) is 1. The standard InChI is InChI=1S/C11H16N4O3/c1-14-9(12)8(5-13-14)10(16)15-4-2-3-7(6-15)11(17)18/h5,7H,2-4,6,12H2,1H3,(H,17,18). The van der Waals surface area contributed by atoms with Crippen LogP contribution >= 0.6 is 0 Å². The molecule has 1 unspecified atom stereocenters. The average Bonchev–Trinajstić information content (AvgIpc) is 2.69. The summed E-state index contributed by atoms with van der Waals surface area (Å²) in [5.41, 5.74) is 6.08. The lowest BCUT2D eigenvalue weighted by molar-refractivity contribution is -0.143. The summed E-state index contributed by atoms with van der Waals surface area (Å²) >= 11 is 0. The van der Waals surface area contributed by atoms with Crippen molar-refractivity contribution in [3.8, 4) is 0 Å². The summed E-state index contributed by atoms with van der Waals surface area (Å²) in [6, 6.07) is 0. The van der Waals surface area contributed by atoms with Gasteiger partial charge in [0.15, 0.2) is 0 Å². The van der Waals surface area contributed by atoms with Gasteiger partial charge in [0.2, 0.25) is 0 Å². The molecule has 1 amide bonds. The van der Waals surface area contributed by atoms with E-state index in [1.54, 1.807) is 7.05 Å². The van der Waals surface area contributed by atoms with E-state index in [-0.39, 0.29) is 12.5 Å². The highest BCUT2D eigenvalue weighted by molar-refractivity contribution is 5.98. The first-order valence-electron chi connectivity index (χ1n) is 5.80. The van der Waals surface area contributed by atoms with Crippen molar-refractivity contribution in [3.05, 3.63) is 11.8 Å². The van der Waals surface area contributed by atoms with E-state index >= 15 is 0 Å². The summed E-state index contributed by atoms with van der Waals surface area (Å²) < 4.78 is 1.42. The third-order valence-corrected chi connectivity index (χ3v) is 3.27. The molecule has 1 aliphatic rings. The van der Waals surface area contributed by atoms with Crippen molar-refractivity contribution in [2.45, 2.75) is 12.8 Å². The van der Waals surface area contributed by atoms with Crippen molar-refractivity contribution in [3.63, 3.8) is 0 Å². The number of nitrogens with zero attached hydrogens (tertiary/aromatic N) is 3. The number of carbonyl (C=O) groups excluding carboxylic acids is 1. The number of aromatic nitrogens is 2. The summed E-state index contributed by atoms with van der Waals surface area (Å²) in [6.45, 7) is 0.805. The van der Waals surface area contributed by atoms with E-state index in [1.165, 1.54) is 15.8 Å². The maximum atomic E-state index is 12.2. The predicted octanol–water partition coefficient (Wildman–Crippen LogP) is -0.0609. The number of piperidine rings is 1. The first-order chi connectivity index (χ1) is 8.50. The SMILES string of the molecule is Cn1ncc(C(=O)N2CCCC(C(=O)O)C2)c1N. The van der Waals surface area contributed by atoms with E-state index in [0.29, 0.717) is 30.8 Å². The van der Waals surface area contributed by atoms with Crippen LogP contribution in [0.5, 0.6) is 0 Å². The second-order valence-electron chi connectivity index (χ2n) is 4.50. The van der Waals surface area contributed by atoms with E-state index in [0.717, 1.165) is 0 Å². The van der Waals surface area contributed by atoms with E-state index in [2.05, 4.69) is 5.10 Å². The highest BCUT2D eigenvalue weighted by atomic mass is 16.4. The fraction of sp³-hybridized carbons (Fsp3) is 0.545. The Morgan fingerprint density at radius 2 is 2.28 bits per heavy atom. The van der Waals surface area contributed by atoms with Gasteiger partial charge < -0.3 is 15.7 Å². The lowest BCUT2D eigenvalue weighted by atomic mass is 9.98. The normalized spacial score (nSPS) is 19.8. The van der Waals surface area contributed by atoms with Gasteiger partial charge in [0.25, 0.3) is 5.91 Å². The molecule has 0 radical (unpaired) electrons. The van der Waals surface area contributed by atoms with Gasteiger partial charge in [-0.25, -0.2) is 0 Å². The Labute approximate surface area is 104 Å². The monoisotopic (exact) mass is 252 g/mol. The lowest BCUT2D eigenvalue weighted by Gasteiger charge is -2.30. The molecule has 1 aromatic heterocycles. The number of rotatable bonds is 2. The molecule has 0 saturated carbocycles. The van der Waals surface area contributed by atoms with Gasteiger partial charge >= 0.3 is 5.97 Å². The molecule has 3 N–H and O–H groups in total. The number of amides is 1. The summed E-state index contributed by atoms with van der Waals surface area (Å²) in [7, 11) is 1.66. The van der Waals surface area contributed by atoms with Gasteiger partial charge in [0, 0.05) is 20.1 Å². The number of carboxylic acid groups (broad SMARTS) is 1. The zero-order chi connectivity index (χ0) is 13.3. The molecule has 0 aliphatic carbocycles. The van der Waals surface area contributed by atoms with Gasteiger partial charge in [-0.15, -0.1) is 0 Å². The Kier molecular flexibility index (Phi) is 3.22. The molecule has 1 atom stereocenters. The quantitative estimate of drug-likeness (QED) is 0.767. The summed E-state index contributed by atoms with van der Waals surface area (Å²) in [6.07, 6.45) is 2.73. The molecule has 7 heteroatoms. The molecular formula is C11H16N4O3. The predicted molar refractivity (Wildman–Crippen MR) is 63.9 cm³/mol. The molecular weight excluding hydrogens is 236 g/mol. The van der Waals surface area contributed by atoms with Crippen molar-refractivity contribution in [1.29, 1.82) is 0 Å². The Balaban J connectivity index is 2.14. The van der Waals surface area contributed by atoms with Crippen molar-refractivity contribution in [1.82, 2.24) is 14.7 Å². The molecule has 7 nitrogen and oxygen atoms in total. The third kappa shape index (κ3) is 2.15. The van der Waals surface area contributed by atoms with Gasteiger partial charge in [0.1, 0.15) is 11.4 Å². The minimum absolute atomic E-state index is 0.239. The molecule has 1 saturated heterocycles. The van der Waals surface area contributed by atoms with Crippen LogP contribution in [-0.2, 0) is 11.8 Å². The zero-order valence-corrected chi connectivity index (χ0v) is 10.2. The van der Waals surface area contributed by atoms with Gasteiger partial charge in [-0.1, -0.05) is 0 Å². The largest absolute Gasteiger partial charge is 0.481 e. The van der Waals surface area contributed by atoms with Gasteiger partial charge in [-0.2, -0.15) is 5.10 Å². The minimum Gasteiger partial charge on any atom is -0.481 e. The van der Waals surface area contributed by atoms with Crippen LogP contribution in [0.3, 0.4) is 0 Å². The van der Waals surface area contributed by atoms with Crippen LogP contribution in [-0.4, -0.2) is 44.8 Å². The maximum absolute atomic E-state index is 12.2. The molecule has 98 valence electrons. The van der Waals surface area contributed by atoms with Crippen LogP contribution < -0.4 is 5.73 Å². The number of hydrogen-bond acceptors (Lipinski definition) is 4. The topological polar surface area (TPSA) is 101 Å². The van der Waals surface area contributed by atoms with E-state index in [4.69, 9.17) is 10.8 Å². The van der Waals surface area contributed by atoms with Crippen molar-refractivity contribution in [2.24, 2.45) is 13.0 Å². The molecule has 2 rings (SSSR count). The fourth-order valence-electron chi connectivity index (χ4n) is 2.15.